The topological polar surface area (TPSA) is 107 Å². The molecule has 3 aliphatic rings. The number of phenolic OH excluding ortho intramolecular Hbond substituents is 2. The van der Waals surface area contributed by atoms with E-state index >= 15 is 0 Å². The first-order valence-electron chi connectivity index (χ1n) is 10.2. The van der Waals surface area contributed by atoms with Crippen molar-refractivity contribution in [3.8, 4) is 11.5 Å². The van der Waals surface area contributed by atoms with Crippen molar-refractivity contribution in [3.05, 3.63) is 34.4 Å². The van der Waals surface area contributed by atoms with Crippen molar-refractivity contribution in [1.82, 2.24) is 0 Å². The summed E-state index contributed by atoms with van der Waals surface area (Å²) in [6.07, 6.45) is 1.29. The predicted octanol–water partition coefficient (Wildman–Crippen LogP) is 3.06. The van der Waals surface area contributed by atoms with Crippen LogP contribution in [0.15, 0.2) is 23.3 Å². The zero-order valence-electron chi connectivity index (χ0n) is 17.4. The Hall–Kier alpha value is -2.05. The molecule has 6 nitrogen and oxygen atoms in total. The van der Waals surface area contributed by atoms with Gasteiger partial charge in [-0.15, -0.1) is 0 Å². The van der Waals surface area contributed by atoms with Crippen LogP contribution in [-0.2, 0) is 4.74 Å². The van der Waals surface area contributed by atoms with Gasteiger partial charge < -0.3 is 25.2 Å². The SMILES string of the molecule is Cc1cc(O)cc(O)c1C(=O)O[C@@H]1C[C@@]2(C)C1=C(CO)[C@@H](O)C1CC(C)(C)CC12. The summed E-state index contributed by atoms with van der Waals surface area (Å²) in [5, 5.41) is 40.7. The van der Waals surface area contributed by atoms with Crippen molar-refractivity contribution in [3.63, 3.8) is 0 Å². The Labute approximate surface area is 170 Å². The van der Waals surface area contributed by atoms with E-state index < -0.39 is 18.2 Å². The maximum Gasteiger partial charge on any atom is 0.342 e. The van der Waals surface area contributed by atoms with Crippen LogP contribution in [0.1, 0.15) is 56.0 Å². The molecule has 4 rings (SSSR count). The Morgan fingerprint density at radius 3 is 2.48 bits per heavy atom. The average Bonchev–Trinajstić information content (AvgIpc) is 2.92. The van der Waals surface area contributed by atoms with E-state index in [0.717, 1.165) is 24.5 Å². The number of fused-ring (bicyclic) bond motifs is 3. The number of rotatable bonds is 3. The van der Waals surface area contributed by atoms with Crippen molar-refractivity contribution in [2.24, 2.45) is 22.7 Å². The van der Waals surface area contributed by atoms with Crippen LogP contribution in [0.2, 0.25) is 0 Å². The lowest BCUT2D eigenvalue weighted by molar-refractivity contribution is -0.0571. The minimum absolute atomic E-state index is 0.0267. The molecule has 5 atom stereocenters. The van der Waals surface area contributed by atoms with Gasteiger partial charge in [0.05, 0.1) is 12.7 Å². The van der Waals surface area contributed by atoms with Gasteiger partial charge in [-0.25, -0.2) is 4.79 Å². The summed E-state index contributed by atoms with van der Waals surface area (Å²) in [5.41, 5.74) is 1.81. The summed E-state index contributed by atoms with van der Waals surface area (Å²) >= 11 is 0. The molecule has 1 aromatic rings. The van der Waals surface area contributed by atoms with Gasteiger partial charge in [0, 0.05) is 6.07 Å². The molecule has 3 aliphatic carbocycles. The summed E-state index contributed by atoms with van der Waals surface area (Å²) in [5.74, 6) is -0.715. The number of aliphatic hydroxyl groups excluding tert-OH is 2. The van der Waals surface area contributed by atoms with Crippen LogP contribution >= 0.6 is 0 Å². The Bertz CT molecular complexity index is 878. The van der Waals surface area contributed by atoms with Crippen LogP contribution in [0.4, 0.5) is 0 Å². The molecule has 0 heterocycles. The van der Waals surface area contributed by atoms with Crippen LogP contribution in [0.25, 0.3) is 0 Å². The van der Waals surface area contributed by atoms with E-state index in [1.807, 2.05) is 0 Å². The second-order valence-electron chi connectivity index (χ2n) is 10.1. The highest BCUT2D eigenvalue weighted by Crippen LogP contribution is 2.66. The highest BCUT2D eigenvalue weighted by atomic mass is 16.5. The van der Waals surface area contributed by atoms with Crippen LogP contribution in [0.3, 0.4) is 0 Å². The molecule has 2 fully saturated rings. The lowest BCUT2D eigenvalue weighted by atomic mass is 9.49. The molecule has 158 valence electrons. The number of ether oxygens (including phenoxy) is 1. The lowest BCUT2D eigenvalue weighted by Gasteiger charge is -2.57. The van der Waals surface area contributed by atoms with Gasteiger partial charge in [0.25, 0.3) is 0 Å². The molecule has 0 radical (unpaired) electrons. The zero-order valence-corrected chi connectivity index (χ0v) is 17.4. The van der Waals surface area contributed by atoms with Crippen LogP contribution < -0.4 is 0 Å². The number of benzene rings is 1. The van der Waals surface area contributed by atoms with Crippen LogP contribution in [0, 0.1) is 29.6 Å². The van der Waals surface area contributed by atoms with Crippen molar-refractivity contribution >= 4 is 5.97 Å². The molecule has 0 amide bonds. The molecule has 0 aliphatic heterocycles. The summed E-state index contributed by atoms with van der Waals surface area (Å²) < 4.78 is 5.73. The second kappa shape index (κ2) is 6.47. The molecule has 0 aromatic heterocycles. The Kier molecular flexibility index (Phi) is 4.52. The third-order valence-corrected chi connectivity index (χ3v) is 7.47. The lowest BCUT2D eigenvalue weighted by Crippen LogP contribution is -2.56. The predicted molar refractivity (Wildman–Crippen MR) is 107 cm³/mol. The van der Waals surface area contributed by atoms with Crippen molar-refractivity contribution in [2.75, 3.05) is 6.61 Å². The Morgan fingerprint density at radius 2 is 1.86 bits per heavy atom. The van der Waals surface area contributed by atoms with Crippen LogP contribution in [0.5, 0.6) is 11.5 Å². The fraction of sp³-hybridized carbons (Fsp3) is 0.609. The van der Waals surface area contributed by atoms with E-state index in [2.05, 4.69) is 20.8 Å². The molecule has 2 saturated carbocycles. The number of carbonyl (C=O) groups excluding carboxylic acids is 1. The molecule has 6 heteroatoms. The van der Waals surface area contributed by atoms with E-state index in [-0.39, 0.29) is 46.3 Å². The van der Waals surface area contributed by atoms with Gasteiger partial charge in [0.2, 0.25) is 0 Å². The van der Waals surface area contributed by atoms with Gasteiger partial charge in [-0.3, -0.25) is 0 Å². The number of aliphatic hydroxyl groups is 2. The number of phenols is 2. The number of hydrogen-bond acceptors (Lipinski definition) is 6. The van der Waals surface area contributed by atoms with E-state index in [1.54, 1.807) is 6.92 Å². The Balaban J connectivity index is 1.64. The molecular formula is C23H30O6. The van der Waals surface area contributed by atoms with Gasteiger partial charge in [0.15, 0.2) is 0 Å². The number of esters is 1. The van der Waals surface area contributed by atoms with E-state index in [0.29, 0.717) is 17.6 Å². The third-order valence-electron chi connectivity index (χ3n) is 7.47. The quantitative estimate of drug-likeness (QED) is 0.457. The van der Waals surface area contributed by atoms with Crippen molar-refractivity contribution in [2.45, 2.75) is 59.2 Å². The molecule has 0 saturated heterocycles. The Morgan fingerprint density at radius 1 is 1.17 bits per heavy atom. The van der Waals surface area contributed by atoms with Gasteiger partial charge in [-0.1, -0.05) is 20.8 Å². The molecule has 2 unspecified atom stereocenters. The van der Waals surface area contributed by atoms with E-state index in [9.17, 15) is 25.2 Å². The number of carbonyl (C=O) groups is 1. The van der Waals surface area contributed by atoms with Crippen LogP contribution in [-0.4, -0.2) is 45.2 Å². The summed E-state index contributed by atoms with van der Waals surface area (Å²) in [4.78, 5) is 12.8. The third kappa shape index (κ3) is 2.96. The fourth-order valence-corrected chi connectivity index (χ4v) is 6.30. The van der Waals surface area contributed by atoms with Crippen molar-refractivity contribution < 1.29 is 30.0 Å². The smallest absolute Gasteiger partial charge is 0.342 e. The number of aromatic hydroxyl groups is 2. The normalized spacial score (nSPS) is 35.0. The first kappa shape index (κ1) is 20.2. The minimum Gasteiger partial charge on any atom is -0.508 e. The maximum atomic E-state index is 12.8. The fourth-order valence-electron chi connectivity index (χ4n) is 6.30. The molecule has 4 N–H and O–H groups in total. The largest absolute Gasteiger partial charge is 0.508 e. The average molecular weight is 402 g/mol. The van der Waals surface area contributed by atoms with Gasteiger partial charge in [-0.2, -0.15) is 0 Å². The first-order valence-corrected chi connectivity index (χ1v) is 10.2. The van der Waals surface area contributed by atoms with Gasteiger partial charge in [-0.05, 0) is 71.6 Å². The highest BCUT2D eigenvalue weighted by molar-refractivity contribution is 5.94. The zero-order chi connectivity index (χ0) is 21.3. The van der Waals surface area contributed by atoms with Gasteiger partial charge >= 0.3 is 5.97 Å². The van der Waals surface area contributed by atoms with Gasteiger partial charge in [0.1, 0.15) is 23.2 Å². The molecular weight excluding hydrogens is 372 g/mol. The second-order valence-corrected chi connectivity index (χ2v) is 10.1. The number of aryl methyl sites for hydroxylation is 1. The van der Waals surface area contributed by atoms with E-state index in [4.69, 9.17) is 4.74 Å². The standard InChI is InChI=1S/C23H30O6/c1-11-5-12(25)6-16(26)18(11)21(28)29-17-9-23(4)15-8-22(2,3)7-13(15)20(27)14(10-24)19(17)23/h5-6,13,15,17,20,24-27H,7-10H2,1-4H3/t13?,15?,17-,20+,23-/m1/s1. The molecule has 0 spiro atoms. The summed E-state index contributed by atoms with van der Waals surface area (Å²) in [6, 6.07) is 2.51. The summed E-state index contributed by atoms with van der Waals surface area (Å²) in [6.45, 7) is 7.94. The molecule has 0 bridgehead atoms. The highest BCUT2D eigenvalue weighted by Gasteiger charge is 2.63. The maximum absolute atomic E-state index is 12.8. The van der Waals surface area contributed by atoms with E-state index in [1.165, 1.54) is 6.07 Å². The number of hydrogen-bond donors (Lipinski definition) is 4. The van der Waals surface area contributed by atoms with Crippen molar-refractivity contribution in [1.29, 1.82) is 0 Å². The molecule has 1 aromatic carbocycles. The monoisotopic (exact) mass is 402 g/mol. The minimum atomic E-state index is -0.722. The molecule has 29 heavy (non-hydrogen) atoms. The summed E-state index contributed by atoms with van der Waals surface area (Å²) in [7, 11) is 0. The first-order chi connectivity index (χ1) is 13.5.